The number of methoxy groups -OCH3 is 1. The van der Waals surface area contributed by atoms with Gasteiger partial charge >= 0.3 is 6.09 Å². The van der Waals surface area contributed by atoms with Crippen LogP contribution in [0, 0.1) is 0 Å². The standard InChI is InChI=1S/C4H8NO3/c1-8-3-2-5-4(6)7/h5H,2-3H2,1H3. The van der Waals surface area contributed by atoms with E-state index in [1.165, 1.54) is 7.11 Å². The van der Waals surface area contributed by atoms with Gasteiger partial charge in [0.25, 0.3) is 0 Å². The van der Waals surface area contributed by atoms with Crippen molar-refractivity contribution in [1.82, 2.24) is 5.32 Å². The highest BCUT2D eigenvalue weighted by atomic mass is 16.5. The highest BCUT2D eigenvalue weighted by Gasteiger charge is 1.92. The minimum Gasteiger partial charge on any atom is -0.383 e. The first-order valence-corrected chi connectivity index (χ1v) is 2.21. The Morgan fingerprint density at radius 1 is 1.75 bits per heavy atom. The van der Waals surface area contributed by atoms with Crippen molar-refractivity contribution >= 4 is 6.09 Å². The van der Waals surface area contributed by atoms with Gasteiger partial charge in [-0.25, -0.2) is 9.90 Å². The number of carbonyl (C=O) groups is 1. The van der Waals surface area contributed by atoms with E-state index in [4.69, 9.17) is 0 Å². The first-order chi connectivity index (χ1) is 3.77. The lowest BCUT2D eigenvalue weighted by molar-refractivity contribution is 0.157. The van der Waals surface area contributed by atoms with E-state index in [9.17, 15) is 9.90 Å². The summed E-state index contributed by atoms with van der Waals surface area (Å²) >= 11 is 0. The molecule has 0 atom stereocenters. The Hall–Kier alpha value is -0.770. The van der Waals surface area contributed by atoms with E-state index >= 15 is 0 Å². The van der Waals surface area contributed by atoms with E-state index in [1.54, 1.807) is 0 Å². The molecule has 0 unspecified atom stereocenters. The summed E-state index contributed by atoms with van der Waals surface area (Å²) in [5, 5.41) is 11.6. The largest absolute Gasteiger partial charge is 0.450 e. The number of carbonyl (C=O) groups excluding carboxylic acids is 1. The summed E-state index contributed by atoms with van der Waals surface area (Å²) in [6.45, 7) is 0.673. The van der Waals surface area contributed by atoms with Gasteiger partial charge in [-0.15, -0.1) is 0 Å². The predicted molar refractivity (Wildman–Crippen MR) is 26.0 cm³/mol. The fraction of sp³-hybridized carbons (Fsp3) is 0.750. The van der Waals surface area contributed by atoms with Crippen molar-refractivity contribution in [3.8, 4) is 0 Å². The van der Waals surface area contributed by atoms with Crippen molar-refractivity contribution in [3.05, 3.63) is 0 Å². The third kappa shape index (κ3) is 5.23. The molecule has 0 rings (SSSR count). The second kappa shape index (κ2) is 4.39. The number of hydrogen-bond acceptors (Lipinski definition) is 2. The summed E-state index contributed by atoms with van der Waals surface area (Å²) in [5.74, 6) is 0. The van der Waals surface area contributed by atoms with Crippen LogP contribution < -0.4 is 5.32 Å². The first kappa shape index (κ1) is 7.23. The summed E-state index contributed by atoms with van der Waals surface area (Å²) in [6.07, 6.45) is -1.26. The number of ether oxygens (including phenoxy) is 1. The molecule has 0 aromatic rings. The normalized spacial score (nSPS) is 8.62. The third-order valence-corrected chi connectivity index (χ3v) is 0.576. The van der Waals surface area contributed by atoms with Crippen LogP contribution in [0.15, 0.2) is 0 Å². The van der Waals surface area contributed by atoms with E-state index in [1.807, 2.05) is 5.32 Å². The van der Waals surface area contributed by atoms with Crippen molar-refractivity contribution in [2.45, 2.75) is 0 Å². The van der Waals surface area contributed by atoms with Gasteiger partial charge in [0.05, 0.1) is 6.61 Å². The smallest absolute Gasteiger partial charge is 0.383 e. The van der Waals surface area contributed by atoms with Crippen molar-refractivity contribution < 1.29 is 14.6 Å². The molecule has 0 bridgehead atoms. The number of amides is 1. The molecule has 0 aromatic carbocycles. The van der Waals surface area contributed by atoms with Gasteiger partial charge in [0.1, 0.15) is 0 Å². The molecular formula is C4H8NO3. The molecule has 0 saturated carbocycles. The average molecular weight is 118 g/mol. The molecule has 0 saturated heterocycles. The van der Waals surface area contributed by atoms with Crippen LogP contribution in [-0.4, -0.2) is 26.4 Å². The molecule has 0 heterocycles. The Bertz CT molecular complexity index is 73.7. The zero-order valence-corrected chi connectivity index (χ0v) is 4.64. The number of rotatable bonds is 3. The lowest BCUT2D eigenvalue weighted by atomic mass is 10.7. The molecule has 1 N–H and O–H groups in total. The van der Waals surface area contributed by atoms with Gasteiger partial charge in [0.15, 0.2) is 0 Å². The van der Waals surface area contributed by atoms with Crippen LogP contribution in [-0.2, 0) is 9.84 Å². The molecule has 1 radical (unpaired) electrons. The topological polar surface area (TPSA) is 58.2 Å². The Morgan fingerprint density at radius 3 is 2.75 bits per heavy atom. The Labute approximate surface area is 47.5 Å². The van der Waals surface area contributed by atoms with Crippen molar-refractivity contribution in [1.29, 1.82) is 0 Å². The summed E-state index contributed by atoms with van der Waals surface area (Å²) in [7, 11) is 1.50. The number of nitrogens with one attached hydrogen (secondary N) is 1. The van der Waals surface area contributed by atoms with Gasteiger partial charge < -0.3 is 10.1 Å². The molecule has 4 heteroatoms. The predicted octanol–water partition coefficient (Wildman–Crippen LogP) is -0.227. The Morgan fingerprint density at radius 2 is 2.38 bits per heavy atom. The van der Waals surface area contributed by atoms with Gasteiger partial charge in [-0.2, -0.15) is 0 Å². The SMILES string of the molecule is COCCNC([O])=O. The lowest BCUT2D eigenvalue weighted by Gasteiger charge is -1.94. The molecule has 0 aliphatic carbocycles. The highest BCUT2D eigenvalue weighted by molar-refractivity contribution is 5.63. The summed E-state index contributed by atoms with van der Waals surface area (Å²) in [6, 6.07) is 0. The third-order valence-electron chi connectivity index (χ3n) is 0.576. The highest BCUT2D eigenvalue weighted by Crippen LogP contribution is 1.64. The minimum absolute atomic E-state index is 0.291. The van der Waals surface area contributed by atoms with E-state index in [0.717, 1.165) is 0 Å². The van der Waals surface area contributed by atoms with Gasteiger partial charge in [-0.1, -0.05) is 0 Å². The van der Waals surface area contributed by atoms with E-state index in [-0.39, 0.29) is 0 Å². The van der Waals surface area contributed by atoms with Crippen LogP contribution in [0.3, 0.4) is 0 Å². The van der Waals surface area contributed by atoms with Crippen molar-refractivity contribution in [2.75, 3.05) is 20.3 Å². The average Bonchev–Trinajstić information content (AvgIpc) is 1.66. The fourth-order valence-electron chi connectivity index (χ4n) is 0.255. The molecule has 1 amide bonds. The molecule has 0 fully saturated rings. The van der Waals surface area contributed by atoms with Gasteiger partial charge in [0.2, 0.25) is 0 Å². The van der Waals surface area contributed by atoms with Crippen LogP contribution >= 0.6 is 0 Å². The van der Waals surface area contributed by atoms with Crippen LogP contribution in [0.1, 0.15) is 0 Å². The molecule has 0 aromatic heterocycles. The Balaban J connectivity index is 2.82. The molecule has 0 spiro atoms. The van der Waals surface area contributed by atoms with Gasteiger partial charge in [-0.3, -0.25) is 0 Å². The lowest BCUT2D eigenvalue weighted by Crippen LogP contribution is -2.23. The fourth-order valence-corrected chi connectivity index (χ4v) is 0.255. The summed E-state index contributed by atoms with van der Waals surface area (Å²) in [5.41, 5.74) is 0. The molecule has 0 aliphatic rings. The van der Waals surface area contributed by atoms with Crippen LogP contribution in [0.5, 0.6) is 0 Å². The monoisotopic (exact) mass is 118 g/mol. The maximum atomic E-state index is 9.60. The second-order valence-corrected chi connectivity index (χ2v) is 1.21. The second-order valence-electron chi connectivity index (χ2n) is 1.21. The molecule has 47 valence electrons. The Kier molecular flexibility index (Phi) is 3.97. The summed E-state index contributed by atoms with van der Waals surface area (Å²) in [4.78, 5) is 9.60. The molecule has 4 nitrogen and oxygen atoms in total. The van der Waals surface area contributed by atoms with Crippen molar-refractivity contribution in [2.24, 2.45) is 0 Å². The first-order valence-electron chi connectivity index (χ1n) is 2.21. The molecule has 8 heavy (non-hydrogen) atoms. The van der Waals surface area contributed by atoms with Crippen LogP contribution in [0.4, 0.5) is 4.79 Å². The minimum atomic E-state index is -1.26. The van der Waals surface area contributed by atoms with E-state index < -0.39 is 6.09 Å². The van der Waals surface area contributed by atoms with Crippen molar-refractivity contribution in [3.63, 3.8) is 0 Å². The zero-order chi connectivity index (χ0) is 6.41. The van der Waals surface area contributed by atoms with E-state index in [2.05, 4.69) is 4.74 Å². The quantitative estimate of drug-likeness (QED) is 0.520. The molecular weight excluding hydrogens is 110 g/mol. The maximum absolute atomic E-state index is 9.60. The zero-order valence-electron chi connectivity index (χ0n) is 4.64. The van der Waals surface area contributed by atoms with Gasteiger partial charge in [0, 0.05) is 13.7 Å². The van der Waals surface area contributed by atoms with Gasteiger partial charge in [-0.05, 0) is 0 Å². The molecule has 0 aliphatic heterocycles. The maximum Gasteiger partial charge on any atom is 0.450 e. The van der Waals surface area contributed by atoms with Crippen LogP contribution in [0.25, 0.3) is 0 Å². The number of hydrogen-bond donors (Lipinski definition) is 1. The van der Waals surface area contributed by atoms with E-state index in [0.29, 0.717) is 13.2 Å². The van der Waals surface area contributed by atoms with Crippen LogP contribution in [0.2, 0.25) is 0 Å². The summed E-state index contributed by atoms with van der Waals surface area (Å²) < 4.78 is 4.54.